The number of carbonyl (C=O) groups excluding carboxylic acids is 1. The average molecular weight is 282 g/mol. The molecule has 1 aromatic carbocycles. The highest BCUT2D eigenvalue weighted by molar-refractivity contribution is 5.68. The lowest BCUT2D eigenvalue weighted by atomic mass is 10.0. The van der Waals surface area contributed by atoms with E-state index >= 15 is 0 Å². The fraction of sp³-hybridized carbons (Fsp3) is 0.533. The van der Waals surface area contributed by atoms with Gasteiger partial charge in [0.05, 0.1) is 0 Å². The third-order valence-electron chi connectivity index (χ3n) is 2.78. The van der Waals surface area contributed by atoms with E-state index in [1.807, 2.05) is 6.92 Å². The van der Waals surface area contributed by atoms with Crippen molar-refractivity contribution in [3.63, 3.8) is 0 Å². The maximum Gasteiger partial charge on any atom is 0.407 e. The van der Waals surface area contributed by atoms with Crippen molar-refractivity contribution in [1.82, 2.24) is 5.32 Å². The number of benzene rings is 1. The minimum absolute atomic E-state index is 0.242. The molecule has 0 aliphatic heterocycles. The number of ether oxygens (including phenoxy) is 1. The number of hydrogen-bond donors (Lipinski definition) is 2. The first-order valence-corrected chi connectivity index (χ1v) is 6.66. The molecule has 0 aromatic heterocycles. The predicted octanol–water partition coefficient (Wildman–Crippen LogP) is 2.53. The smallest absolute Gasteiger partial charge is 0.407 e. The molecule has 0 aliphatic rings. The van der Waals surface area contributed by atoms with Gasteiger partial charge < -0.3 is 15.8 Å². The molecule has 0 heterocycles. The lowest BCUT2D eigenvalue weighted by molar-refractivity contribution is 0.0506. The van der Waals surface area contributed by atoms with Gasteiger partial charge in [0.15, 0.2) is 0 Å². The number of hydrogen-bond acceptors (Lipinski definition) is 3. The maximum absolute atomic E-state index is 13.0. The van der Waals surface area contributed by atoms with E-state index < -0.39 is 11.7 Å². The number of amides is 1. The highest BCUT2D eigenvalue weighted by atomic mass is 19.1. The molecule has 3 N–H and O–H groups in total. The summed E-state index contributed by atoms with van der Waals surface area (Å²) in [5.41, 5.74) is 6.92. The molecular formula is C15H23FN2O2. The molecule has 1 rings (SSSR count). The molecular weight excluding hydrogens is 259 g/mol. The number of carbonyl (C=O) groups is 1. The van der Waals surface area contributed by atoms with Gasteiger partial charge in [0.1, 0.15) is 11.4 Å². The van der Waals surface area contributed by atoms with Crippen molar-refractivity contribution in [2.75, 3.05) is 6.54 Å². The van der Waals surface area contributed by atoms with Gasteiger partial charge in [0, 0.05) is 12.6 Å². The number of alkyl carbamates (subject to hydrolysis) is 1. The minimum Gasteiger partial charge on any atom is -0.444 e. The van der Waals surface area contributed by atoms with Gasteiger partial charge in [-0.15, -0.1) is 0 Å². The van der Waals surface area contributed by atoms with E-state index in [4.69, 9.17) is 10.5 Å². The molecule has 0 bridgehead atoms. The zero-order chi connectivity index (χ0) is 15.3. The summed E-state index contributed by atoms with van der Waals surface area (Å²) in [5.74, 6) is -0.268. The lowest BCUT2D eigenvalue weighted by Gasteiger charge is -2.23. The number of halogens is 1. The van der Waals surface area contributed by atoms with E-state index in [9.17, 15) is 9.18 Å². The molecule has 0 radical (unpaired) electrons. The number of rotatable bonds is 4. The normalized spacial score (nSPS) is 12.9. The molecule has 1 unspecified atom stereocenters. The summed E-state index contributed by atoms with van der Waals surface area (Å²) < 4.78 is 18.2. The fourth-order valence-electron chi connectivity index (χ4n) is 1.82. The van der Waals surface area contributed by atoms with Gasteiger partial charge in [0.2, 0.25) is 0 Å². The first kappa shape index (κ1) is 16.4. The van der Waals surface area contributed by atoms with Crippen molar-refractivity contribution in [3.8, 4) is 0 Å². The van der Waals surface area contributed by atoms with Gasteiger partial charge in [-0.2, -0.15) is 0 Å². The van der Waals surface area contributed by atoms with E-state index in [1.54, 1.807) is 26.8 Å². The van der Waals surface area contributed by atoms with Crippen molar-refractivity contribution in [2.24, 2.45) is 5.73 Å². The lowest BCUT2D eigenvalue weighted by Crippen LogP contribution is -2.44. The molecule has 1 aromatic rings. The van der Waals surface area contributed by atoms with Crippen molar-refractivity contribution in [1.29, 1.82) is 0 Å². The number of aryl methyl sites for hydroxylation is 1. The Balaban J connectivity index is 2.65. The van der Waals surface area contributed by atoms with Crippen LogP contribution in [0.25, 0.3) is 0 Å². The molecule has 0 spiro atoms. The maximum atomic E-state index is 13.0. The molecule has 1 atom stereocenters. The topological polar surface area (TPSA) is 64.3 Å². The quantitative estimate of drug-likeness (QED) is 0.892. The molecule has 1 amide bonds. The van der Waals surface area contributed by atoms with Crippen LogP contribution in [-0.4, -0.2) is 24.3 Å². The molecule has 0 aliphatic carbocycles. The Morgan fingerprint density at radius 1 is 1.45 bits per heavy atom. The van der Waals surface area contributed by atoms with Crippen LogP contribution in [0.4, 0.5) is 9.18 Å². The van der Waals surface area contributed by atoms with Crippen LogP contribution in [0.3, 0.4) is 0 Å². The standard InChI is InChI=1S/C15H23FN2O2/c1-10-7-12(16)6-5-11(10)8-13(9-17)18-14(19)20-15(2,3)4/h5-7,13H,8-9,17H2,1-4H3,(H,18,19). The van der Waals surface area contributed by atoms with Gasteiger partial charge in [0.25, 0.3) is 0 Å². The van der Waals surface area contributed by atoms with Crippen LogP contribution in [0.1, 0.15) is 31.9 Å². The highest BCUT2D eigenvalue weighted by Gasteiger charge is 2.19. The minimum atomic E-state index is -0.547. The Bertz CT molecular complexity index is 469. The second-order valence-electron chi connectivity index (χ2n) is 5.85. The average Bonchev–Trinajstić information content (AvgIpc) is 2.29. The summed E-state index contributed by atoms with van der Waals surface area (Å²) in [5, 5.41) is 2.73. The molecule has 4 nitrogen and oxygen atoms in total. The SMILES string of the molecule is Cc1cc(F)ccc1CC(CN)NC(=O)OC(C)(C)C. The second kappa shape index (κ2) is 6.70. The van der Waals surface area contributed by atoms with Gasteiger partial charge in [-0.05, 0) is 57.4 Å². The van der Waals surface area contributed by atoms with Crippen LogP contribution >= 0.6 is 0 Å². The third-order valence-corrected chi connectivity index (χ3v) is 2.78. The zero-order valence-electron chi connectivity index (χ0n) is 12.5. The third kappa shape index (κ3) is 5.57. The summed E-state index contributed by atoms with van der Waals surface area (Å²) in [4.78, 5) is 11.7. The van der Waals surface area contributed by atoms with E-state index in [2.05, 4.69) is 5.32 Å². The number of nitrogens with two attached hydrogens (primary N) is 1. The van der Waals surface area contributed by atoms with Crippen molar-refractivity contribution >= 4 is 6.09 Å². The van der Waals surface area contributed by atoms with E-state index in [-0.39, 0.29) is 18.4 Å². The van der Waals surface area contributed by atoms with Crippen molar-refractivity contribution in [3.05, 3.63) is 35.1 Å². The molecule has 20 heavy (non-hydrogen) atoms. The van der Waals surface area contributed by atoms with Crippen LogP contribution in [0.15, 0.2) is 18.2 Å². The Morgan fingerprint density at radius 2 is 2.10 bits per heavy atom. The van der Waals surface area contributed by atoms with Crippen molar-refractivity contribution in [2.45, 2.75) is 45.8 Å². The number of nitrogens with one attached hydrogen (secondary N) is 1. The largest absolute Gasteiger partial charge is 0.444 e. The summed E-state index contributed by atoms with van der Waals surface area (Å²) in [6.07, 6.45) is 0.0507. The van der Waals surface area contributed by atoms with Gasteiger partial charge >= 0.3 is 6.09 Å². The fourth-order valence-corrected chi connectivity index (χ4v) is 1.82. The van der Waals surface area contributed by atoms with Gasteiger partial charge in [-0.25, -0.2) is 9.18 Å². The zero-order valence-corrected chi connectivity index (χ0v) is 12.5. The molecule has 112 valence electrons. The molecule has 0 fully saturated rings. The highest BCUT2D eigenvalue weighted by Crippen LogP contribution is 2.13. The first-order chi connectivity index (χ1) is 9.21. The summed E-state index contributed by atoms with van der Waals surface area (Å²) >= 11 is 0. The van der Waals surface area contributed by atoms with E-state index in [0.29, 0.717) is 6.42 Å². The Labute approximate surface area is 119 Å². The van der Waals surface area contributed by atoms with Gasteiger partial charge in [-0.3, -0.25) is 0 Å². The van der Waals surface area contributed by atoms with E-state index in [0.717, 1.165) is 11.1 Å². The van der Waals surface area contributed by atoms with Gasteiger partial charge in [-0.1, -0.05) is 6.07 Å². The Kier molecular flexibility index (Phi) is 5.51. The molecule has 5 heteroatoms. The summed E-state index contributed by atoms with van der Waals surface area (Å²) in [6, 6.07) is 4.35. The molecule has 0 saturated carbocycles. The molecule has 0 saturated heterocycles. The van der Waals surface area contributed by atoms with Crippen LogP contribution in [0.2, 0.25) is 0 Å². The van der Waals surface area contributed by atoms with Crippen LogP contribution in [0, 0.1) is 12.7 Å². The Morgan fingerprint density at radius 3 is 2.60 bits per heavy atom. The monoisotopic (exact) mass is 282 g/mol. The summed E-state index contributed by atoms with van der Waals surface area (Å²) in [7, 11) is 0. The Hall–Kier alpha value is -1.62. The van der Waals surface area contributed by atoms with Crippen LogP contribution in [0.5, 0.6) is 0 Å². The predicted molar refractivity (Wildman–Crippen MR) is 77.1 cm³/mol. The van der Waals surface area contributed by atoms with E-state index in [1.165, 1.54) is 12.1 Å². The first-order valence-electron chi connectivity index (χ1n) is 6.66. The van der Waals surface area contributed by atoms with Crippen molar-refractivity contribution < 1.29 is 13.9 Å². The van der Waals surface area contributed by atoms with Crippen LogP contribution < -0.4 is 11.1 Å². The van der Waals surface area contributed by atoms with Crippen LogP contribution in [-0.2, 0) is 11.2 Å². The second-order valence-corrected chi connectivity index (χ2v) is 5.85. The summed E-state index contributed by atoms with van der Waals surface area (Å²) in [6.45, 7) is 7.52.